The number of carbonyl (C=O) groups excluding carboxylic acids is 1. The van der Waals surface area contributed by atoms with Crippen molar-refractivity contribution in [2.45, 2.75) is 51.0 Å². The molecule has 206 valence electrons. The number of carbonyl (C=O) groups is 1. The van der Waals surface area contributed by atoms with Gasteiger partial charge in [-0.1, -0.05) is 24.2 Å². The number of halogens is 2. The lowest BCUT2D eigenvalue weighted by Gasteiger charge is -2.41. The number of fused-ring (bicyclic) bond motifs is 1. The van der Waals surface area contributed by atoms with Gasteiger partial charge in [0.25, 0.3) is 0 Å². The zero-order valence-corrected chi connectivity index (χ0v) is 22.9. The van der Waals surface area contributed by atoms with Crippen molar-refractivity contribution in [3.8, 4) is 12.1 Å². The summed E-state index contributed by atoms with van der Waals surface area (Å²) in [5, 5.41) is 9.82. The maximum absolute atomic E-state index is 14.6. The van der Waals surface area contributed by atoms with Crippen LogP contribution in [-0.4, -0.2) is 82.5 Å². The smallest absolute Gasteiger partial charge is 0.318 e. The van der Waals surface area contributed by atoms with E-state index in [9.17, 15) is 14.4 Å². The van der Waals surface area contributed by atoms with Gasteiger partial charge >= 0.3 is 6.01 Å². The molecule has 0 spiro atoms. The van der Waals surface area contributed by atoms with Crippen molar-refractivity contribution in [3.05, 3.63) is 58.5 Å². The highest BCUT2D eigenvalue weighted by atomic mass is 35.5. The highest BCUT2D eigenvalue weighted by Gasteiger charge is 2.34. The average Bonchev–Trinajstić information content (AvgIpc) is 3.54. The Morgan fingerprint density at radius 2 is 2.13 bits per heavy atom. The first-order valence-corrected chi connectivity index (χ1v) is 13.7. The van der Waals surface area contributed by atoms with Crippen molar-refractivity contribution in [2.24, 2.45) is 0 Å². The van der Waals surface area contributed by atoms with E-state index >= 15 is 0 Å². The Morgan fingerprint density at radius 3 is 2.85 bits per heavy atom. The monoisotopic (exact) mass is 553 g/mol. The minimum Gasteiger partial charge on any atom is -0.462 e. The van der Waals surface area contributed by atoms with Crippen molar-refractivity contribution < 1.29 is 13.9 Å². The third-order valence-corrected chi connectivity index (χ3v) is 8.25. The quantitative estimate of drug-likeness (QED) is 0.460. The molecule has 2 aromatic rings. The predicted octanol–water partition coefficient (Wildman–Crippen LogP) is 3.37. The van der Waals surface area contributed by atoms with Gasteiger partial charge in [-0.05, 0) is 44.6 Å². The lowest BCUT2D eigenvalue weighted by Crippen LogP contribution is -2.55. The van der Waals surface area contributed by atoms with Gasteiger partial charge in [0.1, 0.15) is 18.2 Å². The fraction of sp³-hybridized carbons (Fsp3) is 0.500. The molecule has 9 nitrogen and oxygen atoms in total. The molecule has 2 fully saturated rings. The minimum atomic E-state index is -0.336. The lowest BCUT2D eigenvalue weighted by molar-refractivity contribution is -0.128. The van der Waals surface area contributed by atoms with Crippen LogP contribution in [0.15, 0.2) is 30.9 Å². The summed E-state index contributed by atoms with van der Waals surface area (Å²) in [4.78, 5) is 30.2. The maximum atomic E-state index is 14.6. The number of aromatic nitrogens is 2. The molecule has 0 unspecified atom stereocenters. The van der Waals surface area contributed by atoms with Gasteiger partial charge in [0.2, 0.25) is 5.91 Å². The second-order valence-corrected chi connectivity index (χ2v) is 10.8. The first-order valence-electron chi connectivity index (χ1n) is 13.3. The van der Waals surface area contributed by atoms with Crippen molar-refractivity contribution in [2.75, 3.05) is 44.7 Å². The second kappa shape index (κ2) is 11.9. The largest absolute Gasteiger partial charge is 0.462 e. The van der Waals surface area contributed by atoms with Crippen LogP contribution in [0.25, 0.3) is 0 Å². The summed E-state index contributed by atoms with van der Waals surface area (Å²) in [5.41, 5.74) is 2.24. The van der Waals surface area contributed by atoms with Crippen molar-refractivity contribution in [1.29, 1.82) is 5.26 Å². The topological polar surface area (TPSA) is 88.8 Å². The average molecular weight is 554 g/mol. The van der Waals surface area contributed by atoms with Crippen molar-refractivity contribution in [1.82, 2.24) is 24.7 Å². The molecule has 0 saturated carbocycles. The summed E-state index contributed by atoms with van der Waals surface area (Å²) < 4.78 is 20.7. The minimum absolute atomic E-state index is 0.180. The highest BCUT2D eigenvalue weighted by Crippen LogP contribution is 2.34. The van der Waals surface area contributed by atoms with E-state index in [2.05, 4.69) is 34.4 Å². The Balaban J connectivity index is 1.42. The van der Waals surface area contributed by atoms with Gasteiger partial charge < -0.3 is 19.4 Å². The van der Waals surface area contributed by atoms with E-state index in [1.165, 1.54) is 12.1 Å². The third kappa shape index (κ3) is 5.86. The number of ether oxygens (including phenoxy) is 1. The molecule has 1 aromatic heterocycles. The Hall–Kier alpha value is -3.26. The number of amides is 1. The molecule has 4 heterocycles. The second-order valence-electron chi connectivity index (χ2n) is 10.4. The molecule has 2 atom stereocenters. The number of piperazine rings is 1. The summed E-state index contributed by atoms with van der Waals surface area (Å²) in [6.45, 7) is 7.99. The van der Waals surface area contributed by atoms with Gasteiger partial charge in [-0.2, -0.15) is 15.2 Å². The van der Waals surface area contributed by atoms with E-state index in [-0.39, 0.29) is 24.2 Å². The first kappa shape index (κ1) is 27.3. The SMILES string of the molecule is C=CC(=O)N1CCN(c2nc(OC[C@@H]3CCCN3C)nc3c2CN(Cc2c(F)cccc2Cl)C3)C[C@@H]1CC#N. The zero-order valence-electron chi connectivity index (χ0n) is 22.2. The van der Waals surface area contributed by atoms with E-state index < -0.39 is 0 Å². The molecule has 1 aromatic carbocycles. The molecule has 0 radical (unpaired) electrons. The van der Waals surface area contributed by atoms with Gasteiger partial charge in [-0.15, -0.1) is 0 Å². The van der Waals surface area contributed by atoms with Crippen LogP contribution in [0.1, 0.15) is 36.1 Å². The number of nitrogens with zero attached hydrogens (tertiary/aromatic N) is 7. The van der Waals surface area contributed by atoms with Gasteiger partial charge in [0.15, 0.2) is 0 Å². The van der Waals surface area contributed by atoms with Crippen LogP contribution < -0.4 is 9.64 Å². The molecule has 2 saturated heterocycles. The Morgan fingerprint density at radius 1 is 1.28 bits per heavy atom. The Labute approximate surface area is 233 Å². The van der Waals surface area contributed by atoms with E-state index in [1.54, 1.807) is 17.0 Å². The molecule has 0 bridgehead atoms. The van der Waals surface area contributed by atoms with Crippen LogP contribution in [0, 0.1) is 17.1 Å². The van der Waals surface area contributed by atoms with Crippen LogP contribution >= 0.6 is 11.6 Å². The van der Waals surface area contributed by atoms with Gasteiger partial charge in [-0.25, -0.2) is 4.39 Å². The fourth-order valence-corrected chi connectivity index (χ4v) is 5.94. The summed E-state index contributed by atoms with van der Waals surface area (Å²) in [6, 6.07) is 7.27. The summed E-state index contributed by atoms with van der Waals surface area (Å²) in [7, 11) is 2.10. The number of hydrogen-bond donors (Lipinski definition) is 0. The normalized spacial score (nSPS) is 21.6. The molecular weight excluding hydrogens is 521 g/mol. The number of nitriles is 1. The number of likely N-dealkylation sites (tertiary alicyclic amines) is 1. The standard InChI is InChI=1S/C28H33ClFN7O2/c1-3-26(38)37-13-12-36(14-19(37)9-10-31)27-22-16-35(15-21-23(29)7-4-8-24(21)30)17-25(22)32-28(33-27)39-18-20-6-5-11-34(20)2/h3-4,7-8,19-20H,1,5-6,9,11-18H2,2H3/t19-,20-/m0/s1. The van der Waals surface area contributed by atoms with Crippen LogP contribution in [-0.2, 0) is 24.4 Å². The first-order chi connectivity index (χ1) is 18.9. The molecular formula is C28H33ClFN7O2. The van der Waals surface area contributed by atoms with Gasteiger partial charge in [-0.3, -0.25) is 9.69 Å². The maximum Gasteiger partial charge on any atom is 0.318 e. The molecule has 0 N–H and O–H groups in total. The Bertz CT molecular complexity index is 1270. The summed E-state index contributed by atoms with van der Waals surface area (Å²) >= 11 is 6.32. The van der Waals surface area contributed by atoms with Crippen molar-refractivity contribution >= 4 is 23.3 Å². The van der Waals surface area contributed by atoms with Crippen molar-refractivity contribution in [3.63, 3.8) is 0 Å². The predicted molar refractivity (Wildman–Crippen MR) is 146 cm³/mol. The molecule has 0 aliphatic carbocycles. The number of likely N-dealkylation sites (N-methyl/N-ethyl adjacent to an activating group) is 1. The van der Waals surface area contributed by atoms with E-state index in [4.69, 9.17) is 26.3 Å². The fourth-order valence-electron chi connectivity index (χ4n) is 5.72. The highest BCUT2D eigenvalue weighted by molar-refractivity contribution is 6.31. The summed E-state index contributed by atoms with van der Waals surface area (Å²) in [5.74, 6) is 0.225. The number of hydrogen-bond acceptors (Lipinski definition) is 8. The van der Waals surface area contributed by atoms with E-state index in [0.717, 1.165) is 36.5 Å². The Kier molecular flexibility index (Phi) is 8.31. The van der Waals surface area contributed by atoms with Gasteiger partial charge in [0, 0.05) is 61.5 Å². The summed E-state index contributed by atoms with van der Waals surface area (Å²) in [6.07, 6.45) is 3.71. The number of benzene rings is 1. The molecule has 3 aliphatic heterocycles. The molecule has 5 rings (SSSR count). The third-order valence-electron chi connectivity index (χ3n) is 7.89. The van der Waals surface area contributed by atoms with Crippen LogP contribution in [0.5, 0.6) is 6.01 Å². The molecule has 39 heavy (non-hydrogen) atoms. The molecule has 3 aliphatic rings. The van der Waals surface area contributed by atoms with Crippen LogP contribution in [0.3, 0.4) is 0 Å². The number of anilines is 1. The van der Waals surface area contributed by atoms with Crippen LogP contribution in [0.2, 0.25) is 5.02 Å². The van der Waals surface area contributed by atoms with E-state index in [1.807, 2.05) is 0 Å². The number of rotatable bonds is 8. The zero-order chi connectivity index (χ0) is 27.5. The van der Waals surface area contributed by atoms with E-state index in [0.29, 0.717) is 68.5 Å². The van der Waals surface area contributed by atoms with Gasteiger partial charge in [0.05, 0.1) is 24.2 Å². The molecule has 11 heteroatoms. The lowest BCUT2D eigenvalue weighted by atomic mass is 10.1. The van der Waals surface area contributed by atoms with Crippen LogP contribution in [0.4, 0.5) is 10.2 Å². The molecule has 1 amide bonds.